The van der Waals surface area contributed by atoms with Crippen LogP contribution in [0.1, 0.15) is 15.9 Å². The van der Waals surface area contributed by atoms with Crippen molar-refractivity contribution in [2.75, 3.05) is 14.1 Å². The average molecular weight is 256 g/mol. The maximum absolute atomic E-state index is 11.8. The van der Waals surface area contributed by atoms with E-state index in [1.807, 2.05) is 50.2 Å². The third-order valence-electron chi connectivity index (χ3n) is 2.01. The number of halogens is 1. The Kier molecular flexibility index (Phi) is 3.84. The minimum absolute atomic E-state index is 0.0926. The molecule has 1 aromatic rings. The van der Waals surface area contributed by atoms with Crippen LogP contribution < -0.4 is 0 Å². The highest BCUT2D eigenvalue weighted by Gasteiger charge is 2.18. The van der Waals surface area contributed by atoms with Crippen molar-refractivity contribution in [3.8, 4) is 0 Å². The highest BCUT2D eigenvalue weighted by atomic mass is 79.9. The number of ketones is 1. The van der Waals surface area contributed by atoms with Gasteiger partial charge < -0.3 is 0 Å². The van der Waals surface area contributed by atoms with E-state index in [0.717, 1.165) is 11.1 Å². The first kappa shape index (κ1) is 11.4. The summed E-state index contributed by atoms with van der Waals surface area (Å²) in [6.07, 6.45) is 0. The lowest BCUT2D eigenvalue weighted by atomic mass is 10.1. The fourth-order valence-electron chi connectivity index (χ4n) is 1.09. The molecule has 1 unspecified atom stereocenters. The Morgan fingerprint density at radius 3 is 2.21 bits per heavy atom. The summed E-state index contributed by atoms with van der Waals surface area (Å²) in [6, 6.07) is 7.61. The molecule has 1 rings (SSSR count). The molecule has 1 atom stereocenters. The number of nitrogens with zero attached hydrogens (tertiary/aromatic N) is 1. The molecule has 2 nitrogen and oxygen atoms in total. The van der Waals surface area contributed by atoms with Crippen LogP contribution in [0.3, 0.4) is 0 Å². The molecule has 0 aliphatic rings. The standard InChI is InChI=1S/C11H14BrNO/c1-8-4-6-9(7-5-8)10(14)11(12)13(2)3/h4-7,11H,1-3H3. The van der Waals surface area contributed by atoms with Gasteiger partial charge in [-0.2, -0.15) is 0 Å². The van der Waals surface area contributed by atoms with Crippen molar-refractivity contribution < 1.29 is 4.79 Å². The number of hydrogen-bond acceptors (Lipinski definition) is 2. The maximum atomic E-state index is 11.8. The predicted octanol–water partition coefficient (Wildman–Crippen LogP) is 2.46. The van der Waals surface area contributed by atoms with Gasteiger partial charge >= 0.3 is 0 Å². The van der Waals surface area contributed by atoms with Crippen LogP contribution in [0.2, 0.25) is 0 Å². The largest absolute Gasteiger partial charge is 0.291 e. The van der Waals surface area contributed by atoms with E-state index < -0.39 is 0 Å². The molecule has 0 fully saturated rings. The molecule has 3 heteroatoms. The normalized spacial score (nSPS) is 12.9. The molecule has 0 N–H and O–H groups in total. The number of rotatable bonds is 3. The first-order valence-corrected chi connectivity index (χ1v) is 5.35. The fourth-order valence-corrected chi connectivity index (χ4v) is 1.35. The molecule has 76 valence electrons. The zero-order valence-electron chi connectivity index (χ0n) is 8.62. The minimum atomic E-state index is -0.245. The number of benzene rings is 1. The molecule has 0 bridgehead atoms. The van der Waals surface area contributed by atoms with E-state index in [-0.39, 0.29) is 10.7 Å². The van der Waals surface area contributed by atoms with E-state index in [2.05, 4.69) is 15.9 Å². The van der Waals surface area contributed by atoms with E-state index in [9.17, 15) is 4.79 Å². The van der Waals surface area contributed by atoms with Crippen LogP contribution in [0.15, 0.2) is 24.3 Å². The van der Waals surface area contributed by atoms with E-state index in [1.54, 1.807) is 0 Å². The van der Waals surface area contributed by atoms with Crippen molar-refractivity contribution in [1.29, 1.82) is 0 Å². The number of Topliss-reactive ketones (excluding diaryl/α,β-unsaturated/α-hetero) is 1. The first-order chi connectivity index (χ1) is 6.52. The van der Waals surface area contributed by atoms with Crippen molar-refractivity contribution in [3.05, 3.63) is 35.4 Å². The van der Waals surface area contributed by atoms with E-state index in [0.29, 0.717) is 0 Å². The number of alkyl halides is 1. The van der Waals surface area contributed by atoms with Crippen molar-refractivity contribution in [3.63, 3.8) is 0 Å². The SMILES string of the molecule is Cc1ccc(C(=O)C(Br)N(C)C)cc1. The van der Waals surface area contributed by atoms with Crippen molar-refractivity contribution in [1.82, 2.24) is 4.90 Å². The first-order valence-electron chi connectivity index (χ1n) is 4.44. The van der Waals surface area contributed by atoms with Crippen LogP contribution in [0.4, 0.5) is 0 Å². The van der Waals surface area contributed by atoms with Gasteiger partial charge in [0.25, 0.3) is 0 Å². The summed E-state index contributed by atoms with van der Waals surface area (Å²) >= 11 is 3.34. The van der Waals surface area contributed by atoms with Crippen LogP contribution in [0.25, 0.3) is 0 Å². The summed E-state index contributed by atoms with van der Waals surface area (Å²) in [5, 5.41) is 0. The lowest BCUT2D eigenvalue weighted by molar-refractivity contribution is 0.0941. The quantitative estimate of drug-likeness (QED) is 0.470. The molecule has 0 saturated heterocycles. The molecule has 14 heavy (non-hydrogen) atoms. The molecule has 0 aliphatic heterocycles. The van der Waals surface area contributed by atoms with Crippen LogP contribution in [0.5, 0.6) is 0 Å². The molecular formula is C11H14BrNO. The van der Waals surface area contributed by atoms with Crippen molar-refractivity contribution >= 4 is 21.7 Å². The summed E-state index contributed by atoms with van der Waals surface area (Å²) in [7, 11) is 3.73. The van der Waals surface area contributed by atoms with Gasteiger partial charge in [-0.1, -0.05) is 45.8 Å². The van der Waals surface area contributed by atoms with E-state index in [4.69, 9.17) is 0 Å². The minimum Gasteiger partial charge on any atom is -0.291 e. The zero-order chi connectivity index (χ0) is 10.7. The van der Waals surface area contributed by atoms with Gasteiger partial charge in [0.1, 0.15) is 4.95 Å². The van der Waals surface area contributed by atoms with E-state index >= 15 is 0 Å². The van der Waals surface area contributed by atoms with E-state index in [1.165, 1.54) is 0 Å². The van der Waals surface area contributed by atoms with Crippen molar-refractivity contribution in [2.24, 2.45) is 0 Å². The Balaban J connectivity index is 2.84. The van der Waals surface area contributed by atoms with Gasteiger partial charge in [0.15, 0.2) is 5.78 Å². The number of carbonyl (C=O) groups is 1. The summed E-state index contributed by atoms with van der Waals surface area (Å²) in [4.78, 5) is 13.4. The molecule has 0 heterocycles. The summed E-state index contributed by atoms with van der Waals surface area (Å²) in [5.41, 5.74) is 1.91. The Bertz CT molecular complexity index is 319. The average Bonchev–Trinajstić information content (AvgIpc) is 2.16. The number of carbonyl (C=O) groups excluding carboxylic acids is 1. The van der Waals surface area contributed by atoms with Gasteiger partial charge in [-0.05, 0) is 21.0 Å². The third kappa shape index (κ3) is 2.66. The highest BCUT2D eigenvalue weighted by molar-refractivity contribution is 9.09. The highest BCUT2D eigenvalue weighted by Crippen LogP contribution is 2.12. The molecule has 1 aromatic carbocycles. The van der Waals surface area contributed by atoms with Gasteiger partial charge in [-0.25, -0.2) is 0 Å². The van der Waals surface area contributed by atoms with Gasteiger partial charge in [0.2, 0.25) is 0 Å². The van der Waals surface area contributed by atoms with Gasteiger partial charge in [-0.15, -0.1) is 0 Å². The molecule has 0 spiro atoms. The lowest BCUT2D eigenvalue weighted by Crippen LogP contribution is -2.30. The van der Waals surface area contributed by atoms with Crippen LogP contribution in [-0.2, 0) is 0 Å². The topological polar surface area (TPSA) is 20.3 Å². The fraction of sp³-hybridized carbons (Fsp3) is 0.364. The lowest BCUT2D eigenvalue weighted by Gasteiger charge is -2.16. The molecule has 0 saturated carbocycles. The van der Waals surface area contributed by atoms with Gasteiger partial charge in [-0.3, -0.25) is 9.69 Å². The Morgan fingerprint density at radius 2 is 1.79 bits per heavy atom. The molecule has 0 aromatic heterocycles. The second-order valence-electron chi connectivity index (χ2n) is 3.53. The number of aryl methyl sites for hydroxylation is 1. The monoisotopic (exact) mass is 255 g/mol. The van der Waals surface area contributed by atoms with Crippen LogP contribution in [0, 0.1) is 6.92 Å². The number of likely N-dealkylation sites (N-methyl/N-ethyl adjacent to an activating group) is 1. The zero-order valence-corrected chi connectivity index (χ0v) is 10.2. The molecule has 0 amide bonds. The van der Waals surface area contributed by atoms with Crippen LogP contribution >= 0.6 is 15.9 Å². The summed E-state index contributed by atoms with van der Waals surface area (Å²) < 4.78 is 0. The Morgan fingerprint density at radius 1 is 1.29 bits per heavy atom. The second kappa shape index (κ2) is 4.71. The third-order valence-corrected chi connectivity index (χ3v) is 3.24. The smallest absolute Gasteiger partial charge is 0.190 e. The van der Waals surface area contributed by atoms with Gasteiger partial charge in [0.05, 0.1) is 0 Å². The summed E-state index contributed by atoms with van der Waals surface area (Å²) in [5.74, 6) is 0.0926. The second-order valence-corrected chi connectivity index (χ2v) is 4.40. The molecule has 0 radical (unpaired) electrons. The Labute approximate surface area is 93.0 Å². The van der Waals surface area contributed by atoms with Crippen molar-refractivity contribution in [2.45, 2.75) is 11.9 Å². The Hall–Kier alpha value is -0.670. The molecule has 0 aliphatic carbocycles. The predicted molar refractivity (Wildman–Crippen MR) is 61.9 cm³/mol. The summed E-state index contributed by atoms with van der Waals surface area (Å²) in [6.45, 7) is 2.01. The molecular weight excluding hydrogens is 242 g/mol. The van der Waals surface area contributed by atoms with Gasteiger partial charge in [0, 0.05) is 5.56 Å². The number of hydrogen-bond donors (Lipinski definition) is 0. The van der Waals surface area contributed by atoms with Crippen LogP contribution in [-0.4, -0.2) is 29.7 Å². The maximum Gasteiger partial charge on any atom is 0.190 e.